The minimum absolute atomic E-state index is 0.0293. The van der Waals surface area contributed by atoms with Crippen LogP contribution in [0, 0.1) is 0 Å². The van der Waals surface area contributed by atoms with Gasteiger partial charge < -0.3 is 14.0 Å². The van der Waals surface area contributed by atoms with Gasteiger partial charge in [-0.1, -0.05) is 60.7 Å². The highest BCUT2D eigenvalue weighted by atomic mass is 32.2. The van der Waals surface area contributed by atoms with E-state index in [1.165, 1.54) is 25.3 Å². The fraction of sp³-hybridized carbons (Fsp3) is 0.185. The molecular formula is C27H27N3O7S2. The Morgan fingerprint density at radius 2 is 1.59 bits per heavy atom. The summed E-state index contributed by atoms with van der Waals surface area (Å²) < 4.78 is 62.5. The second kappa shape index (κ2) is 11.5. The quantitative estimate of drug-likeness (QED) is 0.214. The molecule has 39 heavy (non-hydrogen) atoms. The molecule has 0 atom stereocenters. The minimum atomic E-state index is -4.06. The van der Waals surface area contributed by atoms with E-state index >= 15 is 0 Å². The van der Waals surface area contributed by atoms with E-state index < -0.39 is 19.9 Å². The average Bonchev–Trinajstić information content (AvgIpc) is 3.25. The number of carbonyl (C=O) groups excluding carboxylic acids is 1. The predicted molar refractivity (Wildman–Crippen MR) is 146 cm³/mol. The highest BCUT2D eigenvalue weighted by molar-refractivity contribution is 7.90. The summed E-state index contributed by atoms with van der Waals surface area (Å²) in [4.78, 5) is 16.6. The molecular weight excluding hydrogens is 542 g/mol. The van der Waals surface area contributed by atoms with E-state index in [4.69, 9.17) is 14.6 Å². The number of aldehydes is 1. The number of primary sulfonamides is 1. The van der Waals surface area contributed by atoms with E-state index in [0.29, 0.717) is 28.8 Å². The van der Waals surface area contributed by atoms with Gasteiger partial charge in [-0.3, -0.25) is 4.79 Å². The molecule has 0 fully saturated rings. The Balaban J connectivity index is 1.88. The Morgan fingerprint density at radius 3 is 2.23 bits per heavy atom. The van der Waals surface area contributed by atoms with E-state index in [1.54, 1.807) is 28.8 Å². The van der Waals surface area contributed by atoms with Crippen molar-refractivity contribution in [1.29, 1.82) is 0 Å². The summed E-state index contributed by atoms with van der Waals surface area (Å²) in [6.07, 6.45) is 1.67. The summed E-state index contributed by atoms with van der Waals surface area (Å²) in [6.45, 7) is 0.416. The number of hydrogen-bond acceptors (Lipinski definition) is 8. The first kappa shape index (κ1) is 28.2. The van der Waals surface area contributed by atoms with E-state index in [9.17, 15) is 21.6 Å². The maximum Gasteiger partial charge on any atom is 0.243 e. The van der Waals surface area contributed by atoms with E-state index in [0.717, 1.165) is 6.26 Å². The topological polar surface area (TPSA) is 148 Å². The zero-order valence-electron chi connectivity index (χ0n) is 21.3. The number of sulfone groups is 1. The van der Waals surface area contributed by atoms with E-state index in [-0.39, 0.29) is 46.7 Å². The summed E-state index contributed by atoms with van der Waals surface area (Å²) in [6, 6.07) is 19.8. The lowest BCUT2D eigenvalue weighted by atomic mass is 10.0. The molecule has 1 aromatic heterocycles. The number of nitrogens with two attached hydrogens (primary N) is 1. The van der Waals surface area contributed by atoms with Gasteiger partial charge in [-0.15, -0.1) is 0 Å². The maximum atomic E-state index is 12.9. The summed E-state index contributed by atoms with van der Waals surface area (Å²) in [5.41, 5.74) is 1.83. The van der Waals surface area contributed by atoms with Crippen molar-refractivity contribution < 1.29 is 31.1 Å². The number of nitrogens with zero attached hydrogens (tertiary/aromatic N) is 2. The average molecular weight is 570 g/mol. The summed E-state index contributed by atoms with van der Waals surface area (Å²) in [5, 5.41) is 5.39. The van der Waals surface area contributed by atoms with Crippen LogP contribution in [0.15, 0.2) is 82.6 Å². The first-order valence-electron chi connectivity index (χ1n) is 11.7. The van der Waals surface area contributed by atoms with Crippen molar-refractivity contribution in [2.45, 2.75) is 16.3 Å². The molecule has 0 aliphatic rings. The molecule has 0 radical (unpaired) electrons. The third-order valence-electron chi connectivity index (χ3n) is 5.94. The molecule has 4 rings (SSSR count). The third-order valence-corrected chi connectivity index (χ3v) is 8.09. The third kappa shape index (κ3) is 6.25. The predicted octanol–water partition coefficient (Wildman–Crippen LogP) is 3.15. The van der Waals surface area contributed by atoms with Gasteiger partial charge in [0.25, 0.3) is 0 Å². The molecule has 2 N–H and O–H groups in total. The maximum absolute atomic E-state index is 12.9. The van der Waals surface area contributed by atoms with Crippen LogP contribution in [0.25, 0.3) is 22.5 Å². The molecule has 3 aromatic carbocycles. The Labute approximate surface area is 227 Å². The van der Waals surface area contributed by atoms with Crippen LogP contribution in [0.4, 0.5) is 0 Å². The first-order valence-corrected chi connectivity index (χ1v) is 15.2. The Hall–Kier alpha value is -3.84. The lowest BCUT2D eigenvalue weighted by molar-refractivity contribution is 0.110. The molecule has 4 aromatic rings. The van der Waals surface area contributed by atoms with Gasteiger partial charge in [-0.05, 0) is 23.3 Å². The molecule has 1 heterocycles. The second-order valence-corrected chi connectivity index (χ2v) is 12.2. The number of benzene rings is 3. The Bertz CT molecular complexity index is 1720. The van der Waals surface area contributed by atoms with Gasteiger partial charge in [0.2, 0.25) is 15.9 Å². The standard InChI is InChI=1S/C27H27N3O7S2/c1-36-14-15-37-27-23(18-31)30(26(29-27)19-8-4-3-5-9-19)17-21-13-12-20(16-25(21)38(2,32)33)22-10-6-7-11-24(22)39(28,34)35/h3-13,16,18H,14-15,17H2,1-2H3,(H2,28,34,35). The fourth-order valence-corrected chi connectivity index (χ4v) is 5.88. The number of rotatable bonds is 11. The lowest BCUT2D eigenvalue weighted by Gasteiger charge is -2.15. The molecule has 12 heteroatoms. The van der Waals surface area contributed by atoms with Crippen molar-refractivity contribution >= 4 is 26.1 Å². The molecule has 0 saturated carbocycles. The number of aromatic nitrogens is 2. The minimum Gasteiger partial charge on any atom is -0.474 e. The fourth-order valence-electron chi connectivity index (χ4n) is 4.17. The van der Waals surface area contributed by atoms with Crippen molar-refractivity contribution in [3.63, 3.8) is 0 Å². The molecule has 204 valence electrons. The van der Waals surface area contributed by atoms with Crippen LogP contribution in [0.5, 0.6) is 5.88 Å². The van der Waals surface area contributed by atoms with Crippen molar-refractivity contribution in [3.05, 3.63) is 84.1 Å². The number of hydrogen-bond donors (Lipinski definition) is 1. The largest absolute Gasteiger partial charge is 0.474 e. The van der Waals surface area contributed by atoms with Crippen molar-refractivity contribution in [1.82, 2.24) is 9.55 Å². The van der Waals surface area contributed by atoms with Crippen LogP contribution < -0.4 is 9.88 Å². The van der Waals surface area contributed by atoms with Crippen molar-refractivity contribution in [3.8, 4) is 28.4 Å². The zero-order chi connectivity index (χ0) is 28.2. The summed E-state index contributed by atoms with van der Waals surface area (Å²) in [7, 11) is -6.33. The number of methoxy groups -OCH3 is 1. The number of imidazole rings is 1. The first-order chi connectivity index (χ1) is 18.5. The molecule has 0 aliphatic carbocycles. The van der Waals surface area contributed by atoms with Crippen LogP contribution in [0.2, 0.25) is 0 Å². The number of carbonyl (C=O) groups is 1. The summed E-state index contributed by atoms with van der Waals surface area (Å²) >= 11 is 0. The van der Waals surface area contributed by atoms with Gasteiger partial charge in [-0.2, -0.15) is 4.98 Å². The van der Waals surface area contributed by atoms with E-state index in [1.807, 2.05) is 30.3 Å². The van der Waals surface area contributed by atoms with Gasteiger partial charge in [-0.25, -0.2) is 22.0 Å². The molecule has 0 bridgehead atoms. The van der Waals surface area contributed by atoms with Gasteiger partial charge >= 0.3 is 0 Å². The van der Waals surface area contributed by atoms with Gasteiger partial charge in [0.05, 0.1) is 22.9 Å². The van der Waals surface area contributed by atoms with E-state index in [2.05, 4.69) is 4.98 Å². The second-order valence-electron chi connectivity index (χ2n) is 8.67. The summed E-state index contributed by atoms with van der Waals surface area (Å²) in [5.74, 6) is 0.508. The molecule has 0 saturated heterocycles. The van der Waals surface area contributed by atoms with Crippen molar-refractivity contribution in [2.75, 3.05) is 26.6 Å². The van der Waals surface area contributed by atoms with Crippen molar-refractivity contribution in [2.24, 2.45) is 5.14 Å². The highest BCUT2D eigenvalue weighted by Crippen LogP contribution is 2.32. The molecule has 0 unspecified atom stereocenters. The smallest absolute Gasteiger partial charge is 0.243 e. The van der Waals surface area contributed by atoms with Gasteiger partial charge in [0, 0.05) is 24.5 Å². The lowest BCUT2D eigenvalue weighted by Crippen LogP contribution is -2.14. The highest BCUT2D eigenvalue weighted by Gasteiger charge is 2.23. The number of sulfonamides is 1. The van der Waals surface area contributed by atoms with Crippen LogP contribution in [0.3, 0.4) is 0 Å². The Morgan fingerprint density at radius 1 is 0.897 bits per heavy atom. The van der Waals surface area contributed by atoms with Crippen LogP contribution in [0.1, 0.15) is 16.1 Å². The zero-order valence-corrected chi connectivity index (χ0v) is 22.9. The molecule has 10 nitrogen and oxygen atoms in total. The Kier molecular flexibility index (Phi) is 8.31. The van der Waals surface area contributed by atoms with Gasteiger partial charge in [0.15, 0.2) is 16.1 Å². The molecule has 0 spiro atoms. The SMILES string of the molecule is COCCOc1nc(-c2ccccc2)n(Cc2ccc(-c3ccccc3S(N)(=O)=O)cc2S(C)(=O)=O)c1C=O. The monoisotopic (exact) mass is 569 g/mol. The normalized spacial score (nSPS) is 11.9. The van der Waals surface area contributed by atoms with Gasteiger partial charge in [0.1, 0.15) is 18.1 Å². The van der Waals surface area contributed by atoms with Crippen LogP contribution in [-0.2, 0) is 31.1 Å². The van der Waals surface area contributed by atoms with Crippen LogP contribution >= 0.6 is 0 Å². The molecule has 0 aliphatic heterocycles. The van der Waals surface area contributed by atoms with Crippen LogP contribution in [-0.4, -0.2) is 59.3 Å². The number of ether oxygens (including phenoxy) is 2. The molecule has 0 amide bonds.